The highest BCUT2D eigenvalue weighted by atomic mass is 16.6. The number of aromatic hydroxyl groups is 1. The molecule has 0 aliphatic heterocycles. The highest BCUT2D eigenvalue weighted by Gasteiger charge is 2.16. The van der Waals surface area contributed by atoms with Crippen LogP contribution in [-0.4, -0.2) is 67.1 Å². The van der Waals surface area contributed by atoms with Crippen molar-refractivity contribution in [3.05, 3.63) is 95.1 Å². The molecule has 0 aliphatic rings. The van der Waals surface area contributed by atoms with Gasteiger partial charge in [0, 0.05) is 11.6 Å². The SMILES string of the molecule is CC(COCCOC(=O)c1ccc(C(=O)Oc2ccc(C(=O)c3ccccc3)c(O)c2)cc1)OCCO. The average Bonchev–Trinajstić information content (AvgIpc) is 2.92. The third-order valence-corrected chi connectivity index (χ3v) is 5.12. The third-order valence-electron chi connectivity index (χ3n) is 5.12. The Morgan fingerprint density at radius 2 is 1.49 bits per heavy atom. The number of benzene rings is 3. The number of esters is 2. The van der Waals surface area contributed by atoms with Gasteiger partial charge in [-0.15, -0.1) is 0 Å². The summed E-state index contributed by atoms with van der Waals surface area (Å²) in [5.74, 6) is -1.88. The predicted molar refractivity (Wildman–Crippen MR) is 133 cm³/mol. The molecule has 1 atom stereocenters. The molecule has 9 nitrogen and oxygen atoms in total. The van der Waals surface area contributed by atoms with Gasteiger partial charge in [0.2, 0.25) is 0 Å². The van der Waals surface area contributed by atoms with Crippen molar-refractivity contribution in [2.45, 2.75) is 13.0 Å². The Balaban J connectivity index is 1.49. The number of hydrogen-bond donors (Lipinski definition) is 2. The first kappa shape index (κ1) is 27.5. The van der Waals surface area contributed by atoms with E-state index >= 15 is 0 Å². The van der Waals surface area contributed by atoms with E-state index in [1.54, 1.807) is 37.3 Å². The van der Waals surface area contributed by atoms with E-state index < -0.39 is 11.9 Å². The smallest absolute Gasteiger partial charge is 0.343 e. The summed E-state index contributed by atoms with van der Waals surface area (Å²) in [6.07, 6.45) is -0.186. The summed E-state index contributed by atoms with van der Waals surface area (Å²) in [4.78, 5) is 37.2. The molecule has 0 amide bonds. The van der Waals surface area contributed by atoms with Gasteiger partial charge in [-0.2, -0.15) is 0 Å². The molecule has 3 rings (SSSR count). The van der Waals surface area contributed by atoms with Gasteiger partial charge in [-0.1, -0.05) is 30.3 Å². The number of carbonyl (C=O) groups is 3. The van der Waals surface area contributed by atoms with Crippen LogP contribution in [0.1, 0.15) is 43.6 Å². The van der Waals surface area contributed by atoms with Crippen molar-refractivity contribution in [3.63, 3.8) is 0 Å². The van der Waals surface area contributed by atoms with Crippen molar-refractivity contribution in [1.82, 2.24) is 0 Å². The Morgan fingerprint density at radius 1 is 0.811 bits per heavy atom. The van der Waals surface area contributed by atoms with E-state index in [9.17, 15) is 19.5 Å². The van der Waals surface area contributed by atoms with E-state index in [0.717, 1.165) is 0 Å². The zero-order chi connectivity index (χ0) is 26.6. The second kappa shape index (κ2) is 13.9. The molecule has 0 aromatic heterocycles. The summed E-state index contributed by atoms with van der Waals surface area (Å²) < 4.78 is 21.0. The lowest BCUT2D eigenvalue weighted by Crippen LogP contribution is -2.20. The topological polar surface area (TPSA) is 129 Å². The minimum atomic E-state index is -0.701. The zero-order valence-corrected chi connectivity index (χ0v) is 20.3. The van der Waals surface area contributed by atoms with E-state index in [2.05, 4.69) is 0 Å². The highest BCUT2D eigenvalue weighted by molar-refractivity contribution is 6.10. The van der Waals surface area contributed by atoms with Gasteiger partial charge in [-0.25, -0.2) is 9.59 Å². The van der Waals surface area contributed by atoms with E-state index in [-0.39, 0.29) is 66.5 Å². The Bertz CT molecular complexity index is 1190. The van der Waals surface area contributed by atoms with Crippen LogP contribution in [0.25, 0.3) is 0 Å². The van der Waals surface area contributed by atoms with Crippen LogP contribution in [0.15, 0.2) is 72.8 Å². The van der Waals surface area contributed by atoms with Gasteiger partial charge in [0.15, 0.2) is 5.78 Å². The fourth-order valence-corrected chi connectivity index (χ4v) is 3.25. The van der Waals surface area contributed by atoms with Crippen LogP contribution in [0.3, 0.4) is 0 Å². The van der Waals surface area contributed by atoms with Crippen molar-refractivity contribution in [3.8, 4) is 11.5 Å². The maximum Gasteiger partial charge on any atom is 0.343 e. The van der Waals surface area contributed by atoms with E-state index in [0.29, 0.717) is 12.2 Å². The number of hydrogen-bond acceptors (Lipinski definition) is 9. The first-order valence-corrected chi connectivity index (χ1v) is 11.6. The van der Waals surface area contributed by atoms with E-state index in [1.165, 1.54) is 42.5 Å². The molecule has 0 spiro atoms. The number of ether oxygens (including phenoxy) is 4. The summed E-state index contributed by atoms with van der Waals surface area (Å²) in [6.45, 7) is 2.50. The van der Waals surface area contributed by atoms with Crippen LogP contribution >= 0.6 is 0 Å². The molecule has 194 valence electrons. The summed E-state index contributed by atoms with van der Waals surface area (Å²) in [5, 5.41) is 19.0. The third kappa shape index (κ3) is 8.25. The van der Waals surface area contributed by atoms with Gasteiger partial charge in [-0.3, -0.25) is 4.79 Å². The van der Waals surface area contributed by atoms with Gasteiger partial charge in [0.1, 0.15) is 18.1 Å². The summed E-state index contributed by atoms with van der Waals surface area (Å²) in [5.41, 5.74) is 0.939. The second-order valence-electron chi connectivity index (χ2n) is 7.96. The fraction of sp³-hybridized carbons (Fsp3) is 0.250. The minimum Gasteiger partial charge on any atom is -0.507 e. The van der Waals surface area contributed by atoms with Crippen LogP contribution in [0.4, 0.5) is 0 Å². The number of aliphatic hydroxyl groups is 1. The van der Waals surface area contributed by atoms with E-state index in [1.807, 2.05) is 0 Å². The largest absolute Gasteiger partial charge is 0.507 e. The lowest BCUT2D eigenvalue weighted by atomic mass is 10.0. The molecule has 37 heavy (non-hydrogen) atoms. The van der Waals surface area contributed by atoms with Gasteiger partial charge >= 0.3 is 11.9 Å². The van der Waals surface area contributed by atoms with Crippen molar-refractivity contribution >= 4 is 17.7 Å². The number of aliphatic hydroxyl groups excluding tert-OH is 1. The van der Waals surface area contributed by atoms with Gasteiger partial charge in [-0.05, 0) is 43.3 Å². The normalized spacial score (nSPS) is 11.5. The molecular weight excluding hydrogens is 480 g/mol. The first-order valence-electron chi connectivity index (χ1n) is 11.6. The van der Waals surface area contributed by atoms with Crippen molar-refractivity contribution in [2.75, 3.05) is 33.0 Å². The van der Waals surface area contributed by atoms with Crippen LogP contribution in [0, 0.1) is 0 Å². The number of ketones is 1. The van der Waals surface area contributed by atoms with Crippen LogP contribution in [0.5, 0.6) is 11.5 Å². The zero-order valence-electron chi connectivity index (χ0n) is 20.3. The molecular formula is C28H28O9. The molecule has 0 radical (unpaired) electrons. The molecule has 0 saturated carbocycles. The average molecular weight is 509 g/mol. The lowest BCUT2D eigenvalue weighted by molar-refractivity contribution is -0.0280. The molecule has 0 fully saturated rings. The van der Waals surface area contributed by atoms with E-state index in [4.69, 9.17) is 24.1 Å². The summed E-state index contributed by atoms with van der Waals surface area (Å²) in [6, 6.07) is 18.2. The molecule has 0 aliphatic carbocycles. The summed E-state index contributed by atoms with van der Waals surface area (Å²) in [7, 11) is 0. The molecule has 0 bridgehead atoms. The van der Waals surface area contributed by atoms with Crippen molar-refractivity contribution in [2.24, 2.45) is 0 Å². The molecule has 3 aromatic rings. The monoisotopic (exact) mass is 508 g/mol. The number of rotatable bonds is 13. The van der Waals surface area contributed by atoms with Gasteiger partial charge in [0.05, 0.1) is 49.2 Å². The first-order chi connectivity index (χ1) is 17.9. The van der Waals surface area contributed by atoms with Crippen molar-refractivity contribution < 1.29 is 43.5 Å². The standard InChI is InChI=1S/C28H28O9/c1-19(35-14-13-29)18-34-15-16-36-27(32)21-7-9-22(10-8-21)28(33)37-23-11-12-24(25(30)17-23)26(31)20-5-3-2-4-6-20/h2-12,17,19,29-30H,13-16,18H2,1H3. The quantitative estimate of drug-likeness (QED) is 0.154. The summed E-state index contributed by atoms with van der Waals surface area (Å²) >= 11 is 0. The maximum atomic E-state index is 12.5. The Morgan fingerprint density at radius 3 is 2.14 bits per heavy atom. The Kier molecular flexibility index (Phi) is 10.3. The number of phenolic OH excluding ortho intramolecular Hbond substituents is 1. The molecule has 2 N–H and O–H groups in total. The predicted octanol–water partition coefficient (Wildman–Crippen LogP) is 3.41. The van der Waals surface area contributed by atoms with Crippen LogP contribution in [0.2, 0.25) is 0 Å². The number of phenols is 1. The minimum absolute atomic E-state index is 0.0433. The van der Waals surface area contributed by atoms with Crippen LogP contribution < -0.4 is 4.74 Å². The lowest BCUT2D eigenvalue weighted by Gasteiger charge is -2.12. The second-order valence-corrected chi connectivity index (χ2v) is 7.96. The Hall–Kier alpha value is -4.05. The van der Waals surface area contributed by atoms with Crippen molar-refractivity contribution in [1.29, 1.82) is 0 Å². The molecule has 0 saturated heterocycles. The highest BCUT2D eigenvalue weighted by Crippen LogP contribution is 2.26. The van der Waals surface area contributed by atoms with Gasteiger partial charge < -0.3 is 29.2 Å². The molecule has 1 unspecified atom stereocenters. The maximum absolute atomic E-state index is 12.5. The van der Waals surface area contributed by atoms with Gasteiger partial charge in [0.25, 0.3) is 0 Å². The van der Waals surface area contributed by atoms with Crippen LogP contribution in [-0.2, 0) is 14.2 Å². The molecule has 3 aromatic carbocycles. The number of carbonyl (C=O) groups excluding carboxylic acids is 3. The molecule has 9 heteroatoms. The fourth-order valence-electron chi connectivity index (χ4n) is 3.25. The Labute approximate surface area is 214 Å². The molecule has 0 heterocycles.